The van der Waals surface area contributed by atoms with E-state index in [-0.39, 0.29) is 44.1 Å². The Labute approximate surface area is 238 Å². The molecule has 14 nitrogen and oxygen atoms in total. The average molecular weight is 575 g/mol. The van der Waals surface area contributed by atoms with Crippen molar-refractivity contribution in [2.75, 3.05) is 6.54 Å². The summed E-state index contributed by atoms with van der Waals surface area (Å²) in [7, 11) is 0. The lowest BCUT2D eigenvalue weighted by atomic mass is 10.0. The summed E-state index contributed by atoms with van der Waals surface area (Å²) in [4.78, 5) is 57.8. The van der Waals surface area contributed by atoms with Crippen LogP contribution in [0, 0.1) is 5.92 Å². The number of aliphatic imine (C=N–C) groups is 1. The molecular weight excluding hydrogens is 532 g/mol. The van der Waals surface area contributed by atoms with Crippen LogP contribution in [-0.2, 0) is 25.6 Å². The number of aromatic nitrogens is 1. The van der Waals surface area contributed by atoms with Gasteiger partial charge in [-0.25, -0.2) is 4.79 Å². The summed E-state index contributed by atoms with van der Waals surface area (Å²) >= 11 is 0. The van der Waals surface area contributed by atoms with Gasteiger partial charge in [-0.3, -0.25) is 19.4 Å². The zero-order valence-corrected chi connectivity index (χ0v) is 23.6. The minimum Gasteiger partial charge on any atom is -0.480 e. The fourth-order valence-corrected chi connectivity index (χ4v) is 4.29. The van der Waals surface area contributed by atoms with Crippen LogP contribution in [0.4, 0.5) is 0 Å². The van der Waals surface area contributed by atoms with Gasteiger partial charge in [0.05, 0.1) is 12.1 Å². The number of aromatic amines is 1. The third-order valence-electron chi connectivity index (χ3n) is 6.41. The molecule has 226 valence electrons. The number of guanidine groups is 1. The molecule has 5 unspecified atom stereocenters. The smallest absolute Gasteiger partial charge is 0.326 e. The van der Waals surface area contributed by atoms with E-state index in [9.17, 15) is 29.4 Å². The standard InChI is InChI=1S/C27H42N8O6/c1-14(2)11-21(26(40)41)34-24(38)20(9-6-10-31-27(29)30)33-25(39)22(15(3)36)35-23(37)18(28)12-16-13-32-19-8-5-4-7-17(16)19/h4-5,7-8,13-15,18,20-22,32,36H,6,9-12,28H2,1-3H3,(H,33,39)(H,34,38)(H,35,37)(H,40,41)(H4,29,30,31). The number of hydrogen-bond acceptors (Lipinski definition) is 7. The zero-order valence-electron chi connectivity index (χ0n) is 23.6. The molecule has 0 aliphatic rings. The molecule has 12 N–H and O–H groups in total. The van der Waals surface area contributed by atoms with Crippen LogP contribution in [0.2, 0.25) is 0 Å². The van der Waals surface area contributed by atoms with Gasteiger partial charge in [0, 0.05) is 23.6 Å². The fourth-order valence-electron chi connectivity index (χ4n) is 4.29. The summed E-state index contributed by atoms with van der Waals surface area (Å²) in [6, 6.07) is 2.70. The second kappa shape index (κ2) is 15.6. The number of nitrogens with one attached hydrogen (secondary N) is 4. The molecule has 0 radical (unpaired) electrons. The van der Waals surface area contributed by atoms with Gasteiger partial charge in [0.15, 0.2) is 5.96 Å². The number of nitrogens with two attached hydrogens (primary N) is 3. The molecule has 0 saturated carbocycles. The van der Waals surface area contributed by atoms with E-state index in [0.29, 0.717) is 0 Å². The Morgan fingerprint density at radius 2 is 1.63 bits per heavy atom. The van der Waals surface area contributed by atoms with Gasteiger partial charge in [-0.1, -0.05) is 32.0 Å². The number of benzene rings is 1. The number of amides is 3. The number of carbonyl (C=O) groups is 4. The van der Waals surface area contributed by atoms with Gasteiger partial charge in [-0.15, -0.1) is 0 Å². The highest BCUT2D eigenvalue weighted by atomic mass is 16.4. The maximum Gasteiger partial charge on any atom is 0.326 e. The summed E-state index contributed by atoms with van der Waals surface area (Å²) in [5, 5.41) is 28.2. The first kappa shape index (κ1) is 33.0. The van der Waals surface area contributed by atoms with E-state index in [2.05, 4.69) is 25.9 Å². The van der Waals surface area contributed by atoms with Crippen LogP contribution in [-0.4, -0.2) is 81.7 Å². The molecule has 0 spiro atoms. The number of rotatable bonds is 16. The van der Waals surface area contributed by atoms with Crippen molar-refractivity contribution in [3.05, 3.63) is 36.0 Å². The van der Waals surface area contributed by atoms with Crippen LogP contribution in [0.25, 0.3) is 10.9 Å². The third kappa shape index (κ3) is 10.4. The quantitative estimate of drug-likeness (QED) is 0.0680. The number of para-hydroxylation sites is 1. The number of carbonyl (C=O) groups excluding carboxylic acids is 3. The minimum absolute atomic E-state index is 0.0189. The summed E-state index contributed by atoms with van der Waals surface area (Å²) in [6.07, 6.45) is 1.11. The number of aliphatic hydroxyl groups is 1. The molecule has 1 aromatic carbocycles. The van der Waals surface area contributed by atoms with E-state index in [1.165, 1.54) is 6.92 Å². The maximum absolute atomic E-state index is 13.2. The maximum atomic E-state index is 13.2. The highest BCUT2D eigenvalue weighted by molar-refractivity contribution is 5.94. The predicted octanol–water partition coefficient (Wildman–Crippen LogP) is -0.943. The normalized spacial score (nSPS) is 14.9. The number of carboxylic acids is 1. The first-order valence-corrected chi connectivity index (χ1v) is 13.5. The lowest BCUT2D eigenvalue weighted by molar-refractivity contribution is -0.143. The molecule has 41 heavy (non-hydrogen) atoms. The Balaban J connectivity index is 2.13. The highest BCUT2D eigenvalue weighted by Crippen LogP contribution is 2.19. The van der Waals surface area contributed by atoms with Gasteiger partial charge in [-0.2, -0.15) is 0 Å². The van der Waals surface area contributed by atoms with Crippen molar-refractivity contribution in [2.45, 2.75) is 76.7 Å². The van der Waals surface area contributed by atoms with Gasteiger partial charge in [0.2, 0.25) is 17.7 Å². The van der Waals surface area contributed by atoms with Gasteiger partial charge < -0.3 is 48.3 Å². The Bertz CT molecular complexity index is 1220. The number of nitrogens with zero attached hydrogens (tertiary/aromatic N) is 1. The number of aliphatic hydroxyl groups excluding tert-OH is 1. The van der Waals surface area contributed by atoms with Crippen molar-refractivity contribution >= 4 is 40.6 Å². The molecule has 1 aromatic heterocycles. The Morgan fingerprint density at radius 3 is 2.24 bits per heavy atom. The van der Waals surface area contributed by atoms with E-state index >= 15 is 0 Å². The molecule has 0 bridgehead atoms. The summed E-state index contributed by atoms with van der Waals surface area (Å²) < 4.78 is 0. The molecule has 14 heteroatoms. The summed E-state index contributed by atoms with van der Waals surface area (Å²) in [5.74, 6) is -3.62. The number of fused-ring (bicyclic) bond motifs is 1. The van der Waals surface area contributed by atoms with Gasteiger partial charge in [0.1, 0.15) is 18.1 Å². The van der Waals surface area contributed by atoms with Gasteiger partial charge in [0.25, 0.3) is 0 Å². The van der Waals surface area contributed by atoms with Crippen molar-refractivity contribution in [1.29, 1.82) is 0 Å². The lowest BCUT2D eigenvalue weighted by Gasteiger charge is -2.26. The number of aliphatic carboxylic acids is 1. The van der Waals surface area contributed by atoms with Crippen molar-refractivity contribution in [2.24, 2.45) is 28.1 Å². The monoisotopic (exact) mass is 574 g/mol. The van der Waals surface area contributed by atoms with E-state index in [1.54, 1.807) is 6.20 Å². The Morgan fingerprint density at radius 1 is 0.976 bits per heavy atom. The molecule has 0 saturated heterocycles. The first-order valence-electron chi connectivity index (χ1n) is 13.5. The number of H-pyrrole nitrogens is 1. The van der Waals surface area contributed by atoms with Crippen LogP contribution in [0.3, 0.4) is 0 Å². The van der Waals surface area contributed by atoms with Crippen LogP contribution in [0.5, 0.6) is 0 Å². The molecule has 5 atom stereocenters. The summed E-state index contributed by atoms with van der Waals surface area (Å²) in [5.41, 5.74) is 18.5. The largest absolute Gasteiger partial charge is 0.480 e. The van der Waals surface area contributed by atoms with E-state index in [0.717, 1.165) is 16.5 Å². The van der Waals surface area contributed by atoms with Gasteiger partial charge in [-0.05, 0) is 50.2 Å². The van der Waals surface area contributed by atoms with Crippen LogP contribution in [0.15, 0.2) is 35.5 Å². The van der Waals surface area contributed by atoms with E-state index < -0.39 is 54.0 Å². The lowest BCUT2D eigenvalue weighted by Crippen LogP contribution is -2.60. The van der Waals surface area contributed by atoms with Crippen LogP contribution in [0.1, 0.15) is 45.6 Å². The van der Waals surface area contributed by atoms with E-state index in [1.807, 2.05) is 38.1 Å². The van der Waals surface area contributed by atoms with Crippen molar-refractivity contribution in [3.8, 4) is 0 Å². The summed E-state index contributed by atoms with van der Waals surface area (Å²) in [6.45, 7) is 5.10. The first-order chi connectivity index (χ1) is 19.3. The highest BCUT2D eigenvalue weighted by Gasteiger charge is 2.32. The molecule has 0 aliphatic heterocycles. The topological polar surface area (TPSA) is 251 Å². The van der Waals surface area contributed by atoms with Crippen LogP contribution >= 0.6 is 0 Å². The Kier molecular flexibility index (Phi) is 12.5. The SMILES string of the molecule is CC(C)CC(NC(=O)C(CCCN=C(N)N)NC(=O)C(NC(=O)C(N)Cc1c[nH]c2ccccc12)C(C)O)C(=O)O. The molecular formula is C27H42N8O6. The third-order valence-corrected chi connectivity index (χ3v) is 6.41. The molecule has 2 rings (SSSR count). The van der Waals surface area contributed by atoms with Gasteiger partial charge >= 0.3 is 5.97 Å². The number of hydrogen-bond donors (Lipinski definition) is 9. The fraction of sp³-hybridized carbons (Fsp3) is 0.519. The second-order valence-corrected chi connectivity index (χ2v) is 10.4. The van der Waals surface area contributed by atoms with Crippen molar-refractivity contribution in [3.63, 3.8) is 0 Å². The Hall–Kier alpha value is -4.17. The zero-order chi connectivity index (χ0) is 30.7. The molecule has 3 amide bonds. The number of carboxylic acid groups (broad SMARTS) is 1. The van der Waals surface area contributed by atoms with Crippen molar-refractivity contribution in [1.82, 2.24) is 20.9 Å². The predicted molar refractivity (Wildman–Crippen MR) is 154 cm³/mol. The second-order valence-electron chi connectivity index (χ2n) is 10.4. The minimum atomic E-state index is -1.43. The van der Waals surface area contributed by atoms with Crippen LogP contribution < -0.4 is 33.2 Å². The van der Waals surface area contributed by atoms with Crippen molar-refractivity contribution < 1.29 is 29.4 Å². The molecule has 1 heterocycles. The molecule has 2 aromatic rings. The average Bonchev–Trinajstić information content (AvgIpc) is 3.30. The molecule has 0 aliphatic carbocycles. The molecule has 0 fully saturated rings. The van der Waals surface area contributed by atoms with E-state index in [4.69, 9.17) is 17.2 Å².